The molecule has 33 heavy (non-hydrogen) atoms. The number of nitriles is 1. The summed E-state index contributed by atoms with van der Waals surface area (Å²) in [4.78, 5) is 37.8. The fourth-order valence-corrected chi connectivity index (χ4v) is 4.24. The number of amides is 2. The Balaban J connectivity index is 1.72. The average Bonchev–Trinajstić information content (AvgIpc) is 3.10. The molecule has 1 aliphatic heterocycles. The Hall–Kier alpha value is -4.09. The van der Waals surface area contributed by atoms with Crippen LogP contribution in [0.3, 0.4) is 0 Å². The van der Waals surface area contributed by atoms with Gasteiger partial charge in [-0.1, -0.05) is 48.5 Å². The summed E-state index contributed by atoms with van der Waals surface area (Å²) < 4.78 is 10.6. The molecule has 7 nitrogen and oxygen atoms in total. The third kappa shape index (κ3) is 4.59. The molecule has 3 aromatic carbocycles. The van der Waals surface area contributed by atoms with Crippen molar-refractivity contribution in [3.05, 3.63) is 82.3 Å². The second-order valence-corrected chi connectivity index (χ2v) is 8.09. The number of methoxy groups -OCH3 is 1. The van der Waals surface area contributed by atoms with Gasteiger partial charge >= 0.3 is 5.97 Å². The van der Waals surface area contributed by atoms with E-state index in [2.05, 4.69) is 10.8 Å². The second-order valence-electron chi connectivity index (χ2n) is 7.10. The van der Waals surface area contributed by atoms with Crippen molar-refractivity contribution in [2.24, 2.45) is 0 Å². The van der Waals surface area contributed by atoms with Crippen LogP contribution >= 0.6 is 11.8 Å². The van der Waals surface area contributed by atoms with Crippen LogP contribution in [0.4, 0.5) is 4.79 Å². The van der Waals surface area contributed by atoms with E-state index in [0.29, 0.717) is 16.9 Å². The number of carbonyl (C=O) groups is 3. The molecule has 0 saturated carbocycles. The molecular weight excluding hydrogens is 440 g/mol. The first kappa shape index (κ1) is 22.1. The Kier molecular flexibility index (Phi) is 6.43. The van der Waals surface area contributed by atoms with Crippen molar-refractivity contribution in [1.82, 2.24) is 4.90 Å². The van der Waals surface area contributed by atoms with Crippen molar-refractivity contribution in [3.8, 4) is 11.8 Å². The molecule has 1 aliphatic rings. The van der Waals surface area contributed by atoms with Gasteiger partial charge in [-0.2, -0.15) is 5.26 Å². The maximum Gasteiger partial charge on any atom is 0.325 e. The molecule has 8 heteroatoms. The highest BCUT2D eigenvalue weighted by Gasteiger charge is 2.36. The minimum absolute atomic E-state index is 0.159. The van der Waals surface area contributed by atoms with E-state index in [-0.39, 0.29) is 11.5 Å². The van der Waals surface area contributed by atoms with Gasteiger partial charge in [0.05, 0.1) is 23.6 Å². The normalized spacial score (nSPS) is 14.5. The highest BCUT2D eigenvalue weighted by molar-refractivity contribution is 8.18. The largest absolute Gasteiger partial charge is 0.488 e. The lowest BCUT2D eigenvalue weighted by molar-refractivity contribution is -0.143. The number of nitrogens with zero attached hydrogens (tertiary/aromatic N) is 2. The van der Waals surface area contributed by atoms with E-state index in [4.69, 9.17) is 4.74 Å². The van der Waals surface area contributed by atoms with Gasteiger partial charge in [0, 0.05) is 11.1 Å². The molecule has 0 spiro atoms. The molecule has 1 heterocycles. The second kappa shape index (κ2) is 9.59. The third-order valence-corrected chi connectivity index (χ3v) is 6.02. The summed E-state index contributed by atoms with van der Waals surface area (Å²) in [7, 11) is 1.20. The molecule has 0 atom stereocenters. The molecular formula is C25H18N2O5S. The van der Waals surface area contributed by atoms with Crippen molar-refractivity contribution in [2.75, 3.05) is 13.7 Å². The Morgan fingerprint density at radius 2 is 1.85 bits per heavy atom. The van der Waals surface area contributed by atoms with Crippen LogP contribution in [0.5, 0.6) is 5.75 Å². The highest BCUT2D eigenvalue weighted by atomic mass is 32.2. The predicted octanol–water partition coefficient (Wildman–Crippen LogP) is 4.50. The molecule has 0 aliphatic carbocycles. The number of esters is 1. The molecule has 3 aromatic rings. The van der Waals surface area contributed by atoms with Gasteiger partial charge in [0.25, 0.3) is 11.1 Å². The molecule has 0 radical (unpaired) electrons. The lowest BCUT2D eigenvalue weighted by Crippen LogP contribution is -2.34. The van der Waals surface area contributed by atoms with E-state index in [1.54, 1.807) is 24.3 Å². The van der Waals surface area contributed by atoms with E-state index in [9.17, 15) is 19.6 Å². The fraction of sp³-hybridized carbons (Fsp3) is 0.120. The van der Waals surface area contributed by atoms with E-state index in [1.165, 1.54) is 7.11 Å². The van der Waals surface area contributed by atoms with E-state index in [0.717, 1.165) is 33.0 Å². The van der Waals surface area contributed by atoms with Gasteiger partial charge in [0.15, 0.2) is 0 Å². The number of rotatable bonds is 6. The van der Waals surface area contributed by atoms with Crippen molar-refractivity contribution in [3.63, 3.8) is 0 Å². The van der Waals surface area contributed by atoms with E-state index >= 15 is 0 Å². The van der Waals surface area contributed by atoms with Crippen LogP contribution in [0.15, 0.2) is 65.6 Å². The maximum absolute atomic E-state index is 12.8. The molecule has 0 aromatic heterocycles. The summed E-state index contributed by atoms with van der Waals surface area (Å²) in [6, 6.07) is 20.6. The fourth-order valence-electron chi connectivity index (χ4n) is 3.42. The van der Waals surface area contributed by atoms with Crippen LogP contribution in [0, 0.1) is 11.3 Å². The average molecular weight is 458 g/mol. The first-order valence-corrected chi connectivity index (χ1v) is 10.8. The summed E-state index contributed by atoms with van der Waals surface area (Å²) in [6.07, 6.45) is 1.61. The summed E-state index contributed by atoms with van der Waals surface area (Å²) in [5.74, 6) is -0.741. The number of fused-ring (bicyclic) bond motifs is 1. The third-order valence-electron chi connectivity index (χ3n) is 5.12. The van der Waals surface area contributed by atoms with Crippen LogP contribution in [0.25, 0.3) is 16.8 Å². The SMILES string of the molecule is COC(=O)CN1C(=O)S/C(=C/c2c(OCc3ccccc3C#N)ccc3ccccc23)C1=O. The van der Waals surface area contributed by atoms with Crippen molar-refractivity contribution in [2.45, 2.75) is 6.61 Å². The van der Waals surface area contributed by atoms with Crippen LogP contribution in [0.1, 0.15) is 16.7 Å². The summed E-state index contributed by atoms with van der Waals surface area (Å²) in [6.45, 7) is -0.283. The molecule has 4 rings (SSSR count). The van der Waals surface area contributed by atoms with E-state index < -0.39 is 23.7 Å². The summed E-state index contributed by atoms with van der Waals surface area (Å²) >= 11 is 0.759. The van der Waals surface area contributed by atoms with Gasteiger partial charge in [-0.3, -0.25) is 19.3 Å². The van der Waals surface area contributed by atoms with Gasteiger partial charge in [-0.05, 0) is 40.7 Å². The zero-order valence-corrected chi connectivity index (χ0v) is 18.4. The molecule has 164 valence electrons. The Morgan fingerprint density at radius 3 is 2.64 bits per heavy atom. The summed E-state index contributed by atoms with van der Waals surface area (Å²) in [5.41, 5.74) is 1.88. The van der Waals surface area contributed by atoms with Crippen LogP contribution in [-0.4, -0.2) is 35.7 Å². The standard InChI is InChI=1S/C25H18N2O5S/c1-31-23(28)14-27-24(29)22(33-25(27)30)12-20-19-9-5-4-6-16(19)10-11-21(20)32-15-18-8-3-2-7-17(18)13-26/h2-12H,14-15H2,1H3/b22-12+. The molecule has 2 amide bonds. The van der Waals surface area contributed by atoms with Gasteiger partial charge in [-0.25, -0.2) is 0 Å². The minimum Gasteiger partial charge on any atom is -0.488 e. The lowest BCUT2D eigenvalue weighted by Gasteiger charge is -2.13. The highest BCUT2D eigenvalue weighted by Crippen LogP contribution is 2.37. The smallest absolute Gasteiger partial charge is 0.325 e. The molecule has 1 saturated heterocycles. The Bertz CT molecular complexity index is 1340. The van der Waals surface area contributed by atoms with Gasteiger partial charge in [0.1, 0.15) is 18.9 Å². The maximum atomic E-state index is 12.8. The van der Waals surface area contributed by atoms with Crippen molar-refractivity contribution < 1.29 is 23.9 Å². The number of benzene rings is 3. The molecule has 1 fully saturated rings. The van der Waals surface area contributed by atoms with Crippen LogP contribution in [0.2, 0.25) is 0 Å². The number of hydrogen-bond acceptors (Lipinski definition) is 7. The minimum atomic E-state index is -0.677. The first-order valence-electron chi connectivity index (χ1n) is 9.96. The molecule has 0 N–H and O–H groups in total. The first-order chi connectivity index (χ1) is 16.0. The number of hydrogen-bond donors (Lipinski definition) is 0. The van der Waals surface area contributed by atoms with E-state index in [1.807, 2.05) is 42.5 Å². The zero-order chi connectivity index (χ0) is 23.4. The van der Waals surface area contributed by atoms with Gasteiger partial charge in [-0.15, -0.1) is 0 Å². The Morgan fingerprint density at radius 1 is 1.09 bits per heavy atom. The number of imide groups is 1. The Labute approximate surface area is 194 Å². The number of ether oxygens (including phenoxy) is 2. The lowest BCUT2D eigenvalue weighted by atomic mass is 10.0. The van der Waals surface area contributed by atoms with Crippen LogP contribution < -0.4 is 4.74 Å². The molecule has 0 unspecified atom stereocenters. The van der Waals surface area contributed by atoms with Gasteiger partial charge in [0.2, 0.25) is 0 Å². The number of thioether (sulfide) groups is 1. The quantitative estimate of drug-likeness (QED) is 0.396. The van der Waals surface area contributed by atoms with Gasteiger partial charge < -0.3 is 9.47 Å². The van der Waals surface area contributed by atoms with Crippen molar-refractivity contribution in [1.29, 1.82) is 5.26 Å². The monoisotopic (exact) mass is 458 g/mol. The van der Waals surface area contributed by atoms with Crippen molar-refractivity contribution >= 4 is 45.7 Å². The summed E-state index contributed by atoms with van der Waals surface area (Å²) in [5, 5.41) is 10.6. The zero-order valence-electron chi connectivity index (χ0n) is 17.6. The molecule has 0 bridgehead atoms. The number of carbonyl (C=O) groups excluding carboxylic acids is 3. The topological polar surface area (TPSA) is 96.7 Å². The predicted molar refractivity (Wildman–Crippen MR) is 124 cm³/mol. The van der Waals surface area contributed by atoms with Crippen LogP contribution in [-0.2, 0) is 20.9 Å².